The summed E-state index contributed by atoms with van der Waals surface area (Å²) in [6, 6.07) is 10.8. The van der Waals surface area contributed by atoms with Crippen molar-refractivity contribution in [2.24, 2.45) is 7.05 Å². The molecular formula is C19H20FN5O2S. The Morgan fingerprint density at radius 1 is 1.18 bits per heavy atom. The zero-order valence-electron chi connectivity index (χ0n) is 15.2. The van der Waals surface area contributed by atoms with Gasteiger partial charge in [0.25, 0.3) is 10.0 Å². The van der Waals surface area contributed by atoms with Crippen LogP contribution in [0.5, 0.6) is 0 Å². The van der Waals surface area contributed by atoms with Crippen LogP contribution in [0.25, 0.3) is 0 Å². The molecule has 2 atom stereocenters. The van der Waals surface area contributed by atoms with Crippen molar-refractivity contribution in [1.82, 2.24) is 18.8 Å². The highest BCUT2D eigenvalue weighted by atomic mass is 32.2. The summed E-state index contributed by atoms with van der Waals surface area (Å²) >= 11 is 0. The van der Waals surface area contributed by atoms with Crippen LogP contribution in [-0.4, -0.2) is 46.4 Å². The molecule has 1 aliphatic rings. The fourth-order valence-electron chi connectivity index (χ4n) is 3.51. The number of anilines is 1. The second-order valence-corrected chi connectivity index (χ2v) is 8.74. The highest BCUT2D eigenvalue weighted by molar-refractivity contribution is 7.89. The Morgan fingerprint density at radius 3 is 2.64 bits per heavy atom. The standard InChI is InChI=1S/C19H20FN5O2S/c1-24-12-19(22-13-24)28(26,27)25-10-17(14-5-3-2-4-6-14)18(11-25)23-16-7-15(20)8-21-9-16/h2-9,12-13,17-18,23H,10-11H2,1H3. The van der Waals surface area contributed by atoms with E-state index in [0.717, 1.165) is 11.8 Å². The Morgan fingerprint density at radius 2 is 1.96 bits per heavy atom. The Hall–Kier alpha value is -2.78. The number of aromatic nitrogens is 3. The zero-order chi connectivity index (χ0) is 19.7. The number of halogens is 1. The molecule has 1 aromatic carbocycles. The molecule has 0 spiro atoms. The van der Waals surface area contributed by atoms with Gasteiger partial charge in [0.05, 0.1) is 24.4 Å². The van der Waals surface area contributed by atoms with E-state index < -0.39 is 15.8 Å². The number of nitrogens with zero attached hydrogens (tertiary/aromatic N) is 4. The molecule has 0 bridgehead atoms. The van der Waals surface area contributed by atoms with Crippen LogP contribution in [0.1, 0.15) is 11.5 Å². The predicted octanol–water partition coefficient (Wildman–Crippen LogP) is 2.22. The number of pyridine rings is 1. The van der Waals surface area contributed by atoms with E-state index in [2.05, 4.69) is 15.3 Å². The number of aryl methyl sites for hydroxylation is 1. The van der Waals surface area contributed by atoms with Gasteiger partial charge in [0.1, 0.15) is 5.82 Å². The van der Waals surface area contributed by atoms with Crippen molar-refractivity contribution in [1.29, 1.82) is 0 Å². The van der Waals surface area contributed by atoms with E-state index in [9.17, 15) is 12.8 Å². The lowest BCUT2D eigenvalue weighted by atomic mass is 9.94. The molecule has 0 saturated carbocycles. The molecule has 3 heterocycles. The van der Waals surface area contributed by atoms with Gasteiger partial charge in [0.15, 0.2) is 5.03 Å². The number of rotatable bonds is 5. The highest BCUT2D eigenvalue weighted by Gasteiger charge is 2.41. The summed E-state index contributed by atoms with van der Waals surface area (Å²) in [5.41, 5.74) is 1.53. The summed E-state index contributed by atoms with van der Waals surface area (Å²) < 4.78 is 42.6. The van der Waals surface area contributed by atoms with Crippen molar-refractivity contribution in [3.63, 3.8) is 0 Å². The van der Waals surface area contributed by atoms with Gasteiger partial charge in [-0.25, -0.2) is 17.8 Å². The molecule has 2 unspecified atom stereocenters. The van der Waals surface area contributed by atoms with Crippen LogP contribution >= 0.6 is 0 Å². The summed E-state index contributed by atoms with van der Waals surface area (Å²) in [7, 11) is -1.99. The van der Waals surface area contributed by atoms with E-state index in [0.29, 0.717) is 12.2 Å². The molecule has 0 aliphatic carbocycles. The molecule has 0 amide bonds. The Bertz CT molecular complexity index is 1070. The summed E-state index contributed by atoms with van der Waals surface area (Å²) in [6.07, 6.45) is 5.61. The van der Waals surface area contributed by atoms with Crippen molar-refractivity contribution in [3.8, 4) is 0 Å². The molecule has 1 saturated heterocycles. The van der Waals surface area contributed by atoms with Crippen LogP contribution in [0.3, 0.4) is 0 Å². The molecule has 1 fully saturated rings. The second-order valence-electron chi connectivity index (χ2n) is 6.86. The van der Waals surface area contributed by atoms with Crippen LogP contribution in [-0.2, 0) is 17.1 Å². The third-order valence-corrected chi connectivity index (χ3v) is 6.57. The number of sulfonamides is 1. The molecular weight excluding hydrogens is 381 g/mol. The van der Waals surface area contributed by atoms with Gasteiger partial charge < -0.3 is 9.88 Å². The normalized spacial score (nSPS) is 20.4. The van der Waals surface area contributed by atoms with E-state index in [-0.39, 0.29) is 23.5 Å². The molecule has 0 radical (unpaired) electrons. The Kier molecular flexibility index (Phi) is 4.86. The molecule has 3 aromatic rings. The second kappa shape index (κ2) is 7.33. The average molecular weight is 401 g/mol. The monoisotopic (exact) mass is 401 g/mol. The van der Waals surface area contributed by atoms with Gasteiger partial charge in [-0.2, -0.15) is 4.31 Å². The summed E-state index contributed by atoms with van der Waals surface area (Å²) in [5.74, 6) is -0.542. The van der Waals surface area contributed by atoms with E-state index >= 15 is 0 Å². The fourth-order valence-corrected chi connectivity index (χ4v) is 4.97. The minimum absolute atomic E-state index is 0.0230. The Labute approximate surface area is 162 Å². The van der Waals surface area contributed by atoms with E-state index in [1.165, 1.54) is 29.1 Å². The van der Waals surface area contributed by atoms with Crippen LogP contribution in [0, 0.1) is 5.82 Å². The van der Waals surface area contributed by atoms with Gasteiger partial charge >= 0.3 is 0 Å². The number of hydrogen-bond donors (Lipinski definition) is 1. The summed E-state index contributed by atoms with van der Waals surface area (Å²) in [6.45, 7) is 0.554. The summed E-state index contributed by atoms with van der Waals surface area (Å²) in [4.78, 5) is 7.86. The molecule has 146 valence electrons. The maximum Gasteiger partial charge on any atom is 0.262 e. The predicted molar refractivity (Wildman–Crippen MR) is 103 cm³/mol. The maximum absolute atomic E-state index is 13.5. The van der Waals surface area contributed by atoms with Crippen molar-refractivity contribution < 1.29 is 12.8 Å². The first-order chi connectivity index (χ1) is 13.4. The SMILES string of the molecule is Cn1cnc(S(=O)(=O)N2CC(Nc3cncc(F)c3)C(c3ccccc3)C2)c1. The van der Waals surface area contributed by atoms with Gasteiger partial charge in [-0.05, 0) is 5.56 Å². The first-order valence-electron chi connectivity index (χ1n) is 8.83. The first kappa shape index (κ1) is 18.6. The fraction of sp³-hybridized carbons (Fsp3) is 0.263. The highest BCUT2D eigenvalue weighted by Crippen LogP contribution is 2.33. The topological polar surface area (TPSA) is 80.1 Å². The number of nitrogens with one attached hydrogen (secondary N) is 1. The number of imidazole rings is 1. The number of hydrogen-bond acceptors (Lipinski definition) is 5. The molecule has 2 aromatic heterocycles. The third kappa shape index (κ3) is 3.63. The van der Waals surface area contributed by atoms with Gasteiger partial charge in [-0.15, -0.1) is 0 Å². The van der Waals surface area contributed by atoms with Gasteiger partial charge in [0, 0.05) is 44.4 Å². The molecule has 28 heavy (non-hydrogen) atoms. The van der Waals surface area contributed by atoms with Crippen molar-refractivity contribution in [2.75, 3.05) is 18.4 Å². The Balaban J connectivity index is 1.65. The number of benzene rings is 1. The van der Waals surface area contributed by atoms with E-state index in [1.54, 1.807) is 11.6 Å². The van der Waals surface area contributed by atoms with E-state index in [4.69, 9.17) is 0 Å². The van der Waals surface area contributed by atoms with Gasteiger partial charge in [-0.1, -0.05) is 30.3 Å². The summed E-state index contributed by atoms with van der Waals surface area (Å²) in [5, 5.41) is 3.28. The van der Waals surface area contributed by atoms with Crippen LogP contribution < -0.4 is 5.32 Å². The van der Waals surface area contributed by atoms with Gasteiger partial charge in [0.2, 0.25) is 0 Å². The molecule has 9 heteroatoms. The van der Waals surface area contributed by atoms with Gasteiger partial charge in [-0.3, -0.25) is 4.98 Å². The maximum atomic E-state index is 13.5. The molecule has 1 N–H and O–H groups in total. The quantitative estimate of drug-likeness (QED) is 0.709. The van der Waals surface area contributed by atoms with E-state index in [1.807, 2.05) is 30.3 Å². The van der Waals surface area contributed by atoms with Crippen LogP contribution in [0.2, 0.25) is 0 Å². The average Bonchev–Trinajstić information content (AvgIpc) is 3.30. The molecule has 4 rings (SSSR count). The van der Waals surface area contributed by atoms with Crippen molar-refractivity contribution in [3.05, 3.63) is 72.7 Å². The lowest BCUT2D eigenvalue weighted by molar-refractivity contribution is 0.468. The lowest BCUT2D eigenvalue weighted by Crippen LogP contribution is -2.32. The minimum Gasteiger partial charge on any atom is -0.379 e. The minimum atomic E-state index is -3.72. The van der Waals surface area contributed by atoms with Crippen molar-refractivity contribution in [2.45, 2.75) is 17.0 Å². The zero-order valence-corrected chi connectivity index (χ0v) is 16.1. The van der Waals surface area contributed by atoms with Crippen LogP contribution in [0.4, 0.5) is 10.1 Å². The molecule has 1 aliphatic heterocycles. The van der Waals surface area contributed by atoms with Crippen LogP contribution in [0.15, 0.2) is 66.3 Å². The lowest BCUT2D eigenvalue weighted by Gasteiger charge is -2.21. The largest absolute Gasteiger partial charge is 0.379 e. The first-order valence-corrected chi connectivity index (χ1v) is 10.3. The van der Waals surface area contributed by atoms with Crippen molar-refractivity contribution >= 4 is 15.7 Å². The third-order valence-electron chi connectivity index (χ3n) is 4.86. The molecule has 7 nitrogen and oxygen atoms in total. The smallest absolute Gasteiger partial charge is 0.262 e.